The zero-order valence-electron chi connectivity index (χ0n) is 12.1. The van der Waals surface area contributed by atoms with Crippen LogP contribution in [0.15, 0.2) is 18.2 Å². The Hall–Kier alpha value is -1.55. The molecule has 0 aliphatic carbocycles. The summed E-state index contributed by atoms with van der Waals surface area (Å²) < 4.78 is 39.2. The molecule has 15 heavy (non-hydrogen) atoms. The van der Waals surface area contributed by atoms with Crippen LogP contribution in [0.5, 0.6) is 11.5 Å². The van der Waals surface area contributed by atoms with E-state index in [0.29, 0.717) is 5.75 Å². The maximum absolute atomic E-state index is 12.1. The van der Waals surface area contributed by atoms with E-state index in [0.717, 1.165) is 0 Å². The Bertz CT molecular complexity index is 507. The zero-order chi connectivity index (χ0) is 14.2. The molecular weight excluding hydrogens is 194 g/mol. The molecule has 1 aliphatic rings. The van der Waals surface area contributed by atoms with Crippen molar-refractivity contribution in [1.82, 2.24) is 5.32 Å². The molecule has 0 saturated carbocycles. The van der Waals surface area contributed by atoms with Crippen LogP contribution in [0.4, 0.5) is 0 Å². The van der Waals surface area contributed by atoms with Gasteiger partial charge in [-0.2, -0.15) is 0 Å². The van der Waals surface area contributed by atoms with Gasteiger partial charge in [0.25, 0.3) is 0 Å². The van der Waals surface area contributed by atoms with Gasteiger partial charge in [-0.3, -0.25) is 4.79 Å². The smallest absolute Gasteiger partial charge is 0.231 e. The van der Waals surface area contributed by atoms with E-state index in [1.165, 1.54) is 25.1 Å². The fraction of sp³-hybridized carbons (Fsp3) is 0.364. The normalized spacial score (nSPS) is 26.1. The standard InChI is InChI=1S/C11H13NO3/c1-7(12-2)11(13)8-3-4-9-10(5-8)15-6-14-9/h3-5,7,12H,6H2,1-2H3/t7-/m0/s1/i2D2,6D,7D/t6?,7-. The lowest BCUT2D eigenvalue weighted by Crippen LogP contribution is -2.30. The van der Waals surface area contributed by atoms with Gasteiger partial charge in [-0.05, 0) is 32.1 Å². The maximum atomic E-state index is 12.1. The highest BCUT2D eigenvalue weighted by Gasteiger charge is 2.18. The first-order valence-electron chi connectivity index (χ1n) is 6.59. The highest BCUT2D eigenvalue weighted by Crippen LogP contribution is 2.32. The lowest BCUT2D eigenvalue weighted by molar-refractivity contribution is 0.0954. The summed E-state index contributed by atoms with van der Waals surface area (Å²) in [6, 6.07) is 2.57. The molecule has 4 heteroatoms. The molecule has 0 saturated heterocycles. The summed E-state index contributed by atoms with van der Waals surface area (Å²) in [5, 5.41) is 2.24. The molecular formula is C11H13NO3. The molecule has 2 atom stereocenters. The first-order chi connectivity index (χ1) is 8.79. The van der Waals surface area contributed by atoms with Crippen LogP contribution >= 0.6 is 0 Å². The molecule has 0 amide bonds. The number of ether oxygens (including phenoxy) is 2. The quantitative estimate of drug-likeness (QED) is 0.763. The third-order valence-corrected chi connectivity index (χ3v) is 2.11. The van der Waals surface area contributed by atoms with E-state index < -0.39 is 25.6 Å². The molecule has 1 N–H and O–H groups in total. The third kappa shape index (κ3) is 1.80. The van der Waals surface area contributed by atoms with Crippen molar-refractivity contribution in [2.75, 3.05) is 13.8 Å². The molecule has 1 aromatic carbocycles. The van der Waals surface area contributed by atoms with E-state index >= 15 is 0 Å². The van der Waals surface area contributed by atoms with Gasteiger partial charge in [-0.15, -0.1) is 0 Å². The third-order valence-electron chi connectivity index (χ3n) is 2.11. The summed E-state index contributed by atoms with van der Waals surface area (Å²) in [5.74, 6) is 0.0572. The summed E-state index contributed by atoms with van der Waals surface area (Å²) >= 11 is 0. The lowest BCUT2D eigenvalue weighted by atomic mass is 10.1. The van der Waals surface area contributed by atoms with Crippen molar-refractivity contribution >= 4 is 5.78 Å². The number of rotatable bonds is 3. The minimum atomic E-state index is -1.78. The van der Waals surface area contributed by atoms with Crippen molar-refractivity contribution < 1.29 is 19.8 Å². The number of fused-ring (bicyclic) bond motifs is 1. The topological polar surface area (TPSA) is 47.6 Å². The number of hydrogen-bond acceptors (Lipinski definition) is 4. The van der Waals surface area contributed by atoms with Gasteiger partial charge in [0.2, 0.25) is 6.77 Å². The number of hydrogen-bond donors (Lipinski definition) is 1. The molecule has 1 heterocycles. The first kappa shape index (κ1) is 6.12. The monoisotopic (exact) mass is 211 g/mol. The van der Waals surface area contributed by atoms with E-state index in [1.807, 2.05) is 0 Å². The van der Waals surface area contributed by atoms with Gasteiger partial charge in [0.1, 0.15) is 1.37 Å². The summed E-state index contributed by atoms with van der Waals surface area (Å²) in [6.07, 6.45) is 0. The number of nitrogens with one attached hydrogen (secondary N) is 1. The Labute approximate surface area is 93.8 Å². The SMILES string of the molecule is [2H]C([2H])N[C@@]([2H])(C)C(=O)c1ccc2c(c1)OC([2H])O2. The van der Waals surface area contributed by atoms with Crippen LogP contribution in [0.2, 0.25) is 0 Å². The number of ketones is 1. The summed E-state index contributed by atoms with van der Waals surface area (Å²) in [6.45, 7) is -1.34. The fourth-order valence-electron chi connectivity index (χ4n) is 1.25. The highest BCUT2D eigenvalue weighted by molar-refractivity contribution is 6.00. The average Bonchev–Trinajstić information content (AvgIpc) is 2.65. The van der Waals surface area contributed by atoms with E-state index in [4.69, 9.17) is 15.0 Å². The molecule has 2 rings (SSSR count). The van der Waals surface area contributed by atoms with Crippen LogP contribution in [0.1, 0.15) is 22.8 Å². The minimum absolute atomic E-state index is 0.196. The van der Waals surface area contributed by atoms with Crippen molar-refractivity contribution in [2.24, 2.45) is 0 Å². The van der Waals surface area contributed by atoms with Crippen molar-refractivity contribution in [3.8, 4) is 11.5 Å². The average molecular weight is 211 g/mol. The van der Waals surface area contributed by atoms with Gasteiger partial charge in [0.05, 0.1) is 7.39 Å². The Morgan fingerprint density at radius 1 is 1.67 bits per heavy atom. The van der Waals surface area contributed by atoms with Gasteiger partial charge < -0.3 is 14.8 Å². The van der Waals surface area contributed by atoms with Crippen LogP contribution < -0.4 is 14.8 Å². The second-order valence-corrected chi connectivity index (χ2v) is 3.09. The maximum Gasteiger partial charge on any atom is 0.231 e. The number of benzene rings is 1. The van der Waals surface area contributed by atoms with E-state index in [-0.39, 0.29) is 11.3 Å². The Morgan fingerprint density at radius 2 is 2.47 bits per heavy atom. The number of likely N-dealkylation sites (N-methyl/N-ethyl adjacent to an activating group) is 1. The molecule has 0 bridgehead atoms. The van der Waals surface area contributed by atoms with Gasteiger partial charge in [-0.1, -0.05) is 0 Å². The van der Waals surface area contributed by atoms with E-state index in [2.05, 4.69) is 5.32 Å². The van der Waals surface area contributed by atoms with Crippen molar-refractivity contribution in [2.45, 2.75) is 12.9 Å². The summed E-state index contributed by atoms with van der Waals surface area (Å²) in [7, 11) is 0. The van der Waals surface area contributed by atoms with Crippen LogP contribution in [0.3, 0.4) is 0 Å². The second kappa shape index (κ2) is 3.90. The number of carbonyl (C=O) groups excluding carboxylic acids is 1. The van der Waals surface area contributed by atoms with Crippen LogP contribution in [-0.4, -0.2) is 25.6 Å². The van der Waals surface area contributed by atoms with Gasteiger partial charge in [0, 0.05) is 8.30 Å². The molecule has 0 fully saturated rings. The largest absolute Gasteiger partial charge is 0.454 e. The fourth-order valence-corrected chi connectivity index (χ4v) is 1.25. The predicted octanol–water partition coefficient (Wildman–Crippen LogP) is 1.21. The molecule has 4 nitrogen and oxygen atoms in total. The van der Waals surface area contributed by atoms with Crippen LogP contribution in [0, 0.1) is 0 Å². The predicted molar refractivity (Wildman–Crippen MR) is 55.4 cm³/mol. The van der Waals surface area contributed by atoms with Gasteiger partial charge in [-0.25, -0.2) is 0 Å². The first-order valence-corrected chi connectivity index (χ1v) is 4.36. The van der Waals surface area contributed by atoms with Crippen LogP contribution in [-0.2, 0) is 0 Å². The van der Waals surface area contributed by atoms with Crippen molar-refractivity contribution in [3.63, 3.8) is 0 Å². The molecule has 80 valence electrons. The minimum Gasteiger partial charge on any atom is -0.454 e. The lowest BCUT2D eigenvalue weighted by Gasteiger charge is -2.09. The summed E-state index contributed by atoms with van der Waals surface area (Å²) in [5.41, 5.74) is 0.196. The van der Waals surface area contributed by atoms with E-state index in [1.54, 1.807) is 0 Å². The Balaban J connectivity index is 2.23. The highest BCUT2D eigenvalue weighted by atomic mass is 16.7. The van der Waals surface area contributed by atoms with Gasteiger partial charge >= 0.3 is 0 Å². The molecule has 0 spiro atoms. The number of Topliss-reactive ketones (excluding diaryl/α,β-unsaturated/α-hetero) is 1. The zero-order valence-corrected chi connectivity index (χ0v) is 8.11. The Morgan fingerprint density at radius 3 is 3.27 bits per heavy atom. The molecule has 1 unspecified atom stereocenters. The Kier molecular flexibility index (Phi) is 1.59. The molecule has 0 radical (unpaired) electrons. The second-order valence-electron chi connectivity index (χ2n) is 3.09. The molecule has 1 aromatic rings. The molecule has 0 aromatic heterocycles. The van der Waals surface area contributed by atoms with E-state index in [9.17, 15) is 4.79 Å². The molecule has 1 aliphatic heterocycles. The number of carbonyl (C=O) groups is 1. The summed E-state index contributed by atoms with van der Waals surface area (Å²) in [4.78, 5) is 12.1. The van der Waals surface area contributed by atoms with Gasteiger partial charge in [0.15, 0.2) is 17.3 Å². The van der Waals surface area contributed by atoms with Crippen molar-refractivity contribution in [1.29, 1.82) is 0 Å². The van der Waals surface area contributed by atoms with Crippen LogP contribution in [0.25, 0.3) is 0 Å². The van der Waals surface area contributed by atoms with Crippen molar-refractivity contribution in [3.05, 3.63) is 23.8 Å².